The molecule has 27 heavy (non-hydrogen) atoms. The van der Waals surface area contributed by atoms with Crippen LogP contribution in [0.1, 0.15) is 24.0 Å². The molecule has 1 aliphatic rings. The summed E-state index contributed by atoms with van der Waals surface area (Å²) < 4.78 is 24.9. The van der Waals surface area contributed by atoms with Gasteiger partial charge in [-0.25, -0.2) is 9.40 Å². The molecule has 3 aromatic rings. The smallest absolute Gasteiger partial charge is 0.262 e. The zero-order chi connectivity index (χ0) is 18.8. The van der Waals surface area contributed by atoms with Crippen molar-refractivity contribution in [1.82, 2.24) is 5.01 Å². The van der Waals surface area contributed by atoms with Crippen molar-refractivity contribution in [3.63, 3.8) is 0 Å². The first-order chi connectivity index (χ1) is 13.1. The van der Waals surface area contributed by atoms with E-state index in [1.807, 2.05) is 0 Å². The Bertz CT molecular complexity index is 970. The van der Waals surface area contributed by atoms with E-state index in [9.17, 15) is 9.18 Å². The number of carbonyl (C=O) groups is 1. The molecule has 0 radical (unpaired) electrons. The van der Waals surface area contributed by atoms with Crippen LogP contribution in [0.4, 0.5) is 10.1 Å². The Balaban J connectivity index is 1.54. The molecule has 1 atom stereocenters. The average molecular weight is 388 g/mol. The number of carbonyl (C=O) groups excluding carboxylic acids is 1. The zero-order valence-corrected chi connectivity index (χ0v) is 14.8. The fourth-order valence-corrected chi connectivity index (χ4v) is 3.10. The number of nitrogens with one attached hydrogen (secondary N) is 1. The van der Waals surface area contributed by atoms with Crippen LogP contribution in [0.25, 0.3) is 0 Å². The van der Waals surface area contributed by atoms with E-state index in [1.54, 1.807) is 42.9 Å². The van der Waals surface area contributed by atoms with Crippen molar-refractivity contribution in [2.24, 2.45) is 5.10 Å². The third kappa shape index (κ3) is 3.46. The lowest BCUT2D eigenvalue weighted by atomic mass is 10.1. The summed E-state index contributed by atoms with van der Waals surface area (Å²) in [6, 6.07) is 11.3. The number of anilines is 1. The molecule has 1 amide bonds. The van der Waals surface area contributed by atoms with Crippen LogP contribution in [0.5, 0.6) is 0 Å². The SMILES string of the molecule is O=C(CNc1cccc(Cl)c1F)N1N=C(c2ccco2)C[C@H]1c1ccco1. The van der Waals surface area contributed by atoms with Crippen molar-refractivity contribution in [1.29, 1.82) is 0 Å². The van der Waals surface area contributed by atoms with Gasteiger partial charge in [-0.2, -0.15) is 5.10 Å². The van der Waals surface area contributed by atoms with Crippen molar-refractivity contribution in [3.05, 3.63) is 77.4 Å². The Labute approximate surface area is 159 Å². The molecule has 0 unspecified atom stereocenters. The molecule has 1 aromatic carbocycles. The molecule has 0 spiro atoms. The molecule has 1 N–H and O–H groups in total. The van der Waals surface area contributed by atoms with Gasteiger partial charge in [0.05, 0.1) is 29.8 Å². The second-order valence-corrected chi connectivity index (χ2v) is 6.36. The van der Waals surface area contributed by atoms with E-state index in [-0.39, 0.29) is 23.2 Å². The standard InChI is InChI=1S/C19H15ClFN3O3/c20-12-4-1-5-13(19(12)21)22-11-18(25)24-15(17-7-3-9-27-17)10-14(23-24)16-6-2-8-26-16/h1-9,15,22H,10-11H2/t15-/m0/s1. The molecule has 0 aliphatic carbocycles. The third-order valence-electron chi connectivity index (χ3n) is 4.22. The number of furan rings is 2. The van der Waals surface area contributed by atoms with Crippen molar-refractivity contribution < 1.29 is 18.0 Å². The number of hydrazone groups is 1. The molecule has 3 heterocycles. The average Bonchev–Trinajstić information content (AvgIpc) is 3.41. The highest BCUT2D eigenvalue weighted by Crippen LogP contribution is 2.33. The molecule has 0 saturated heterocycles. The summed E-state index contributed by atoms with van der Waals surface area (Å²) in [7, 11) is 0. The number of nitrogens with zero attached hydrogens (tertiary/aromatic N) is 2. The maximum atomic E-state index is 14.0. The van der Waals surface area contributed by atoms with Gasteiger partial charge in [0.2, 0.25) is 0 Å². The normalized spacial score (nSPS) is 16.4. The number of benzene rings is 1. The van der Waals surface area contributed by atoms with Gasteiger partial charge in [0.25, 0.3) is 5.91 Å². The van der Waals surface area contributed by atoms with E-state index >= 15 is 0 Å². The fraction of sp³-hybridized carbons (Fsp3) is 0.158. The molecule has 0 saturated carbocycles. The molecule has 0 fully saturated rings. The first-order valence-electron chi connectivity index (χ1n) is 8.28. The highest BCUT2D eigenvalue weighted by Gasteiger charge is 2.35. The van der Waals surface area contributed by atoms with E-state index in [1.165, 1.54) is 17.1 Å². The van der Waals surface area contributed by atoms with E-state index < -0.39 is 11.9 Å². The number of hydrogen-bond donors (Lipinski definition) is 1. The van der Waals surface area contributed by atoms with Crippen LogP contribution in [-0.2, 0) is 4.79 Å². The van der Waals surface area contributed by atoms with E-state index in [4.69, 9.17) is 20.4 Å². The highest BCUT2D eigenvalue weighted by molar-refractivity contribution is 6.31. The summed E-state index contributed by atoms with van der Waals surface area (Å²) in [5.74, 6) is 0.270. The largest absolute Gasteiger partial charge is 0.467 e. The quantitative estimate of drug-likeness (QED) is 0.701. The molecular weight excluding hydrogens is 373 g/mol. The number of rotatable bonds is 5. The molecular formula is C19H15ClFN3O3. The maximum absolute atomic E-state index is 14.0. The molecule has 6 nitrogen and oxygen atoms in total. The molecule has 138 valence electrons. The van der Waals surface area contributed by atoms with Crippen LogP contribution < -0.4 is 5.32 Å². The summed E-state index contributed by atoms with van der Waals surface area (Å²) in [6.07, 6.45) is 3.55. The predicted molar refractivity (Wildman–Crippen MR) is 98.1 cm³/mol. The summed E-state index contributed by atoms with van der Waals surface area (Å²) >= 11 is 5.77. The van der Waals surface area contributed by atoms with Gasteiger partial charge in [0, 0.05) is 6.42 Å². The minimum Gasteiger partial charge on any atom is -0.467 e. The number of halogens is 2. The molecule has 1 aliphatic heterocycles. The second-order valence-electron chi connectivity index (χ2n) is 5.95. The van der Waals surface area contributed by atoms with Crippen LogP contribution in [0.2, 0.25) is 5.02 Å². The van der Waals surface area contributed by atoms with Gasteiger partial charge >= 0.3 is 0 Å². The molecule has 0 bridgehead atoms. The van der Waals surface area contributed by atoms with Crippen LogP contribution in [0.3, 0.4) is 0 Å². The van der Waals surface area contributed by atoms with Gasteiger partial charge in [-0.1, -0.05) is 17.7 Å². The lowest BCUT2D eigenvalue weighted by Gasteiger charge is -2.20. The van der Waals surface area contributed by atoms with Crippen molar-refractivity contribution in [3.8, 4) is 0 Å². The van der Waals surface area contributed by atoms with Crippen LogP contribution in [0.15, 0.2) is 68.9 Å². The van der Waals surface area contributed by atoms with Gasteiger partial charge in [-0.3, -0.25) is 4.79 Å². The summed E-state index contributed by atoms with van der Waals surface area (Å²) in [5.41, 5.74) is 0.795. The monoisotopic (exact) mass is 387 g/mol. The number of amides is 1. The second kappa shape index (κ2) is 7.28. The van der Waals surface area contributed by atoms with Gasteiger partial charge in [-0.05, 0) is 36.4 Å². The number of hydrogen-bond acceptors (Lipinski definition) is 5. The first-order valence-corrected chi connectivity index (χ1v) is 8.66. The minimum absolute atomic E-state index is 0.0137. The Kier molecular flexibility index (Phi) is 4.68. The van der Waals surface area contributed by atoms with Gasteiger partial charge in [0.15, 0.2) is 5.82 Å². The fourth-order valence-electron chi connectivity index (χ4n) is 2.93. The Hall–Kier alpha value is -3.06. The van der Waals surface area contributed by atoms with E-state index in [0.29, 0.717) is 23.7 Å². The Morgan fingerprint density at radius 3 is 2.78 bits per heavy atom. The van der Waals surface area contributed by atoms with Crippen LogP contribution in [-0.4, -0.2) is 23.2 Å². The van der Waals surface area contributed by atoms with Crippen molar-refractivity contribution in [2.75, 3.05) is 11.9 Å². The minimum atomic E-state index is -0.601. The Morgan fingerprint density at radius 1 is 1.22 bits per heavy atom. The Morgan fingerprint density at radius 2 is 2.04 bits per heavy atom. The maximum Gasteiger partial charge on any atom is 0.262 e. The summed E-state index contributed by atoms with van der Waals surface area (Å²) in [5, 5.41) is 8.50. The van der Waals surface area contributed by atoms with Gasteiger partial charge in [-0.15, -0.1) is 0 Å². The first kappa shape index (κ1) is 17.4. The molecule has 4 rings (SSSR count). The topological polar surface area (TPSA) is 71.0 Å². The van der Waals surface area contributed by atoms with Crippen molar-refractivity contribution >= 4 is 28.9 Å². The third-order valence-corrected chi connectivity index (χ3v) is 4.52. The van der Waals surface area contributed by atoms with Crippen LogP contribution in [0, 0.1) is 5.82 Å². The van der Waals surface area contributed by atoms with E-state index in [0.717, 1.165) is 0 Å². The zero-order valence-electron chi connectivity index (χ0n) is 14.1. The van der Waals surface area contributed by atoms with Gasteiger partial charge in [0.1, 0.15) is 23.3 Å². The molecule has 2 aromatic heterocycles. The molecule has 8 heteroatoms. The van der Waals surface area contributed by atoms with Gasteiger partial charge < -0.3 is 14.2 Å². The predicted octanol–water partition coefficient (Wildman–Crippen LogP) is 4.45. The highest BCUT2D eigenvalue weighted by atomic mass is 35.5. The summed E-state index contributed by atoms with van der Waals surface area (Å²) in [6.45, 7) is -0.149. The lowest BCUT2D eigenvalue weighted by Crippen LogP contribution is -2.32. The van der Waals surface area contributed by atoms with E-state index in [2.05, 4.69) is 10.4 Å². The summed E-state index contributed by atoms with van der Waals surface area (Å²) in [4.78, 5) is 12.8. The van der Waals surface area contributed by atoms with Crippen molar-refractivity contribution in [2.45, 2.75) is 12.5 Å². The van der Waals surface area contributed by atoms with Crippen LogP contribution >= 0.6 is 11.6 Å². The lowest BCUT2D eigenvalue weighted by molar-refractivity contribution is -0.131.